The molecule has 1 amide bonds. The maximum Gasteiger partial charge on any atom is 0.287 e. The van der Waals surface area contributed by atoms with E-state index in [0.29, 0.717) is 0 Å². The van der Waals surface area contributed by atoms with Crippen molar-refractivity contribution >= 4 is 11.7 Å². The lowest BCUT2D eigenvalue weighted by Gasteiger charge is -2.14. The fourth-order valence-electron chi connectivity index (χ4n) is 1.05. The number of aliphatic hydroxyl groups excluding tert-OH is 1. The number of amides is 1. The number of anilines is 1. The third-order valence-corrected chi connectivity index (χ3v) is 2.05. The zero-order valence-electron chi connectivity index (χ0n) is 10.0. The van der Waals surface area contributed by atoms with Gasteiger partial charge in [-0.3, -0.25) is 4.79 Å². The van der Waals surface area contributed by atoms with Crippen molar-refractivity contribution in [3.05, 3.63) is 17.8 Å². The number of rotatable bonds is 5. The van der Waals surface area contributed by atoms with Gasteiger partial charge in [-0.25, -0.2) is 8.78 Å². The molecule has 1 heterocycles. The standard InChI is InChI=1S/C10H14F2N4O2/c1-16(2)9(18)7-3-4-8(15-14-7)13-5-10(11,12)6-17/h3-4,17H,5-6H2,1-2H3,(H,13,15). The maximum absolute atomic E-state index is 12.7. The largest absolute Gasteiger partial charge is 0.390 e. The van der Waals surface area contributed by atoms with Gasteiger partial charge < -0.3 is 15.3 Å². The average Bonchev–Trinajstić information content (AvgIpc) is 2.36. The molecule has 100 valence electrons. The number of halogens is 2. The quantitative estimate of drug-likeness (QED) is 0.791. The van der Waals surface area contributed by atoms with Crippen LogP contribution in [0, 0.1) is 0 Å². The number of alkyl halides is 2. The molecule has 0 aliphatic rings. The Bertz CT molecular complexity index is 409. The Balaban J connectivity index is 2.64. The second kappa shape index (κ2) is 5.67. The van der Waals surface area contributed by atoms with E-state index in [4.69, 9.17) is 5.11 Å². The molecular formula is C10H14F2N4O2. The lowest BCUT2D eigenvalue weighted by Crippen LogP contribution is -2.31. The third-order valence-electron chi connectivity index (χ3n) is 2.05. The van der Waals surface area contributed by atoms with Gasteiger partial charge in [0.05, 0.1) is 6.54 Å². The summed E-state index contributed by atoms with van der Waals surface area (Å²) in [4.78, 5) is 12.8. The first-order chi connectivity index (χ1) is 8.35. The molecule has 0 atom stereocenters. The lowest BCUT2D eigenvalue weighted by molar-refractivity contribution is -0.0373. The second-order valence-electron chi connectivity index (χ2n) is 3.87. The highest BCUT2D eigenvalue weighted by molar-refractivity contribution is 5.91. The fraction of sp³-hybridized carbons (Fsp3) is 0.500. The zero-order chi connectivity index (χ0) is 13.8. The fourth-order valence-corrected chi connectivity index (χ4v) is 1.05. The molecule has 0 spiro atoms. The second-order valence-corrected chi connectivity index (χ2v) is 3.87. The van der Waals surface area contributed by atoms with Crippen LogP contribution in [0.5, 0.6) is 0 Å². The van der Waals surface area contributed by atoms with Crippen LogP contribution in [0.1, 0.15) is 10.5 Å². The van der Waals surface area contributed by atoms with Gasteiger partial charge >= 0.3 is 0 Å². The van der Waals surface area contributed by atoms with Gasteiger partial charge in [-0.1, -0.05) is 0 Å². The van der Waals surface area contributed by atoms with Gasteiger partial charge in [-0.2, -0.15) is 0 Å². The number of carbonyl (C=O) groups is 1. The molecule has 18 heavy (non-hydrogen) atoms. The van der Waals surface area contributed by atoms with Crippen molar-refractivity contribution in [2.45, 2.75) is 5.92 Å². The Morgan fingerprint density at radius 3 is 2.56 bits per heavy atom. The van der Waals surface area contributed by atoms with Crippen molar-refractivity contribution in [3.8, 4) is 0 Å². The van der Waals surface area contributed by atoms with Gasteiger partial charge in [0.2, 0.25) is 0 Å². The van der Waals surface area contributed by atoms with Gasteiger partial charge in [0, 0.05) is 14.1 Å². The van der Waals surface area contributed by atoms with Crippen molar-refractivity contribution < 1.29 is 18.7 Å². The van der Waals surface area contributed by atoms with Crippen molar-refractivity contribution in [1.82, 2.24) is 15.1 Å². The molecule has 0 aromatic carbocycles. The van der Waals surface area contributed by atoms with E-state index in [-0.39, 0.29) is 17.4 Å². The van der Waals surface area contributed by atoms with Crippen LogP contribution in [-0.2, 0) is 0 Å². The van der Waals surface area contributed by atoms with E-state index in [1.165, 1.54) is 17.0 Å². The first-order valence-corrected chi connectivity index (χ1v) is 5.13. The molecular weight excluding hydrogens is 246 g/mol. The minimum atomic E-state index is -3.22. The molecule has 0 aliphatic heterocycles. The number of nitrogens with one attached hydrogen (secondary N) is 1. The Morgan fingerprint density at radius 2 is 2.11 bits per heavy atom. The topological polar surface area (TPSA) is 78.4 Å². The summed E-state index contributed by atoms with van der Waals surface area (Å²) in [6.07, 6.45) is 0. The summed E-state index contributed by atoms with van der Waals surface area (Å²) in [5.41, 5.74) is 0.125. The van der Waals surface area contributed by atoms with Crippen LogP contribution >= 0.6 is 0 Å². The van der Waals surface area contributed by atoms with E-state index in [9.17, 15) is 13.6 Å². The number of hydrogen-bond acceptors (Lipinski definition) is 5. The van der Waals surface area contributed by atoms with Crippen LogP contribution in [0.4, 0.5) is 14.6 Å². The average molecular weight is 260 g/mol. The molecule has 2 N–H and O–H groups in total. The van der Waals surface area contributed by atoms with Crippen LogP contribution in [0.2, 0.25) is 0 Å². The Labute approximate surface area is 103 Å². The SMILES string of the molecule is CN(C)C(=O)c1ccc(NCC(F)(F)CO)nn1. The Morgan fingerprint density at radius 1 is 1.44 bits per heavy atom. The lowest BCUT2D eigenvalue weighted by atomic mass is 10.3. The molecule has 6 nitrogen and oxygen atoms in total. The predicted molar refractivity (Wildman–Crippen MR) is 60.6 cm³/mol. The minimum Gasteiger partial charge on any atom is -0.390 e. The summed E-state index contributed by atoms with van der Waals surface area (Å²) in [6, 6.07) is 2.76. The van der Waals surface area contributed by atoms with Crippen LogP contribution in [0.15, 0.2) is 12.1 Å². The normalized spacial score (nSPS) is 11.2. The first-order valence-electron chi connectivity index (χ1n) is 5.13. The van der Waals surface area contributed by atoms with Crippen molar-refractivity contribution in [3.63, 3.8) is 0 Å². The van der Waals surface area contributed by atoms with Crippen molar-refractivity contribution in [2.75, 3.05) is 32.6 Å². The number of aromatic nitrogens is 2. The van der Waals surface area contributed by atoms with Gasteiger partial charge in [0.15, 0.2) is 5.69 Å². The van der Waals surface area contributed by atoms with E-state index in [0.717, 1.165) is 0 Å². The van der Waals surface area contributed by atoms with Gasteiger partial charge in [0.25, 0.3) is 11.8 Å². The highest BCUT2D eigenvalue weighted by Gasteiger charge is 2.27. The zero-order valence-corrected chi connectivity index (χ0v) is 10.0. The van der Waals surface area contributed by atoms with E-state index < -0.39 is 19.1 Å². The maximum atomic E-state index is 12.7. The molecule has 0 bridgehead atoms. The highest BCUT2D eigenvalue weighted by atomic mass is 19.3. The molecule has 0 aliphatic carbocycles. The molecule has 0 fully saturated rings. The minimum absolute atomic E-state index is 0.110. The molecule has 8 heteroatoms. The molecule has 0 radical (unpaired) electrons. The monoisotopic (exact) mass is 260 g/mol. The van der Waals surface area contributed by atoms with E-state index in [2.05, 4.69) is 15.5 Å². The van der Waals surface area contributed by atoms with Crippen LogP contribution in [0.25, 0.3) is 0 Å². The summed E-state index contributed by atoms with van der Waals surface area (Å²) >= 11 is 0. The summed E-state index contributed by atoms with van der Waals surface area (Å²) in [5.74, 6) is -3.44. The van der Waals surface area contributed by atoms with Crippen LogP contribution in [0.3, 0.4) is 0 Å². The molecule has 1 aromatic heterocycles. The summed E-state index contributed by atoms with van der Waals surface area (Å²) in [5, 5.41) is 17.9. The molecule has 0 saturated carbocycles. The molecule has 1 rings (SSSR count). The van der Waals surface area contributed by atoms with Gasteiger partial charge in [-0.05, 0) is 12.1 Å². The Kier molecular flexibility index (Phi) is 4.49. The Hall–Kier alpha value is -1.83. The van der Waals surface area contributed by atoms with Gasteiger partial charge in [-0.15, -0.1) is 10.2 Å². The third kappa shape index (κ3) is 3.88. The smallest absolute Gasteiger partial charge is 0.287 e. The number of carbonyl (C=O) groups excluding carboxylic acids is 1. The van der Waals surface area contributed by atoms with Crippen LogP contribution in [-0.4, -0.2) is 59.3 Å². The van der Waals surface area contributed by atoms with Crippen molar-refractivity contribution in [1.29, 1.82) is 0 Å². The van der Waals surface area contributed by atoms with E-state index in [1.54, 1.807) is 14.1 Å². The van der Waals surface area contributed by atoms with Crippen molar-refractivity contribution in [2.24, 2.45) is 0 Å². The molecule has 0 saturated heterocycles. The van der Waals surface area contributed by atoms with Gasteiger partial charge in [0.1, 0.15) is 12.4 Å². The molecule has 1 aromatic rings. The molecule has 0 unspecified atom stereocenters. The van der Waals surface area contributed by atoms with E-state index in [1.807, 2.05) is 0 Å². The predicted octanol–water partition coefficient (Wildman–Crippen LogP) is 0.218. The number of aliphatic hydroxyl groups is 1. The first kappa shape index (κ1) is 14.2. The summed E-state index contributed by atoms with van der Waals surface area (Å²) < 4.78 is 25.5. The number of nitrogens with zero attached hydrogens (tertiary/aromatic N) is 3. The van der Waals surface area contributed by atoms with E-state index >= 15 is 0 Å². The summed E-state index contributed by atoms with van der Waals surface area (Å²) in [7, 11) is 3.13. The summed E-state index contributed by atoms with van der Waals surface area (Å²) in [6.45, 7) is -2.00. The highest BCUT2D eigenvalue weighted by Crippen LogP contribution is 2.13. The van der Waals surface area contributed by atoms with Crippen LogP contribution < -0.4 is 5.32 Å². The number of hydrogen-bond donors (Lipinski definition) is 2.